The van der Waals surface area contributed by atoms with Gasteiger partial charge in [-0.25, -0.2) is 4.68 Å². The minimum Gasteiger partial charge on any atom is -0.481 e. The van der Waals surface area contributed by atoms with E-state index in [1.807, 2.05) is 6.92 Å². The number of hydrogen-bond acceptors (Lipinski definition) is 4. The summed E-state index contributed by atoms with van der Waals surface area (Å²) in [5.41, 5.74) is -0.0402. The van der Waals surface area contributed by atoms with Gasteiger partial charge in [0, 0.05) is 25.7 Å². The summed E-state index contributed by atoms with van der Waals surface area (Å²) in [5, 5.41) is 13.1. The maximum absolute atomic E-state index is 12.3. The number of rotatable bonds is 5. The SMILES string of the molecule is CCCCn1nc(C(=O)N2CCC(C(=O)O)C2)ccc1=O.Cl. The van der Waals surface area contributed by atoms with Gasteiger partial charge in [0.2, 0.25) is 0 Å². The Morgan fingerprint density at radius 1 is 1.41 bits per heavy atom. The Morgan fingerprint density at radius 2 is 2.14 bits per heavy atom. The molecule has 0 aliphatic carbocycles. The lowest BCUT2D eigenvalue weighted by atomic mass is 10.1. The van der Waals surface area contributed by atoms with Crippen LogP contribution in [0.4, 0.5) is 0 Å². The lowest BCUT2D eigenvalue weighted by Gasteiger charge is -2.15. The first kappa shape index (κ1) is 18.2. The van der Waals surface area contributed by atoms with Crippen LogP contribution >= 0.6 is 12.4 Å². The summed E-state index contributed by atoms with van der Waals surface area (Å²) < 4.78 is 1.29. The van der Waals surface area contributed by atoms with Gasteiger partial charge in [0.1, 0.15) is 5.69 Å². The molecule has 0 bridgehead atoms. The van der Waals surface area contributed by atoms with Crippen molar-refractivity contribution in [1.82, 2.24) is 14.7 Å². The van der Waals surface area contributed by atoms with Crippen molar-refractivity contribution in [1.29, 1.82) is 0 Å². The first-order chi connectivity index (χ1) is 10.0. The van der Waals surface area contributed by atoms with Crippen LogP contribution in [0.3, 0.4) is 0 Å². The molecule has 1 amide bonds. The first-order valence-corrected chi connectivity index (χ1v) is 7.13. The van der Waals surface area contributed by atoms with E-state index in [0.717, 1.165) is 12.8 Å². The van der Waals surface area contributed by atoms with Gasteiger partial charge in [0.15, 0.2) is 0 Å². The van der Waals surface area contributed by atoms with Gasteiger partial charge in [-0.3, -0.25) is 14.4 Å². The molecule has 8 heteroatoms. The number of amides is 1. The molecule has 1 aromatic heterocycles. The van der Waals surface area contributed by atoms with Crippen LogP contribution < -0.4 is 5.56 Å². The highest BCUT2D eigenvalue weighted by atomic mass is 35.5. The third kappa shape index (κ3) is 4.07. The molecular weight excluding hydrogens is 310 g/mol. The average molecular weight is 330 g/mol. The molecule has 2 rings (SSSR count). The van der Waals surface area contributed by atoms with Crippen molar-refractivity contribution < 1.29 is 14.7 Å². The van der Waals surface area contributed by atoms with Crippen molar-refractivity contribution >= 4 is 24.3 Å². The summed E-state index contributed by atoms with van der Waals surface area (Å²) in [6.45, 7) is 3.10. The highest BCUT2D eigenvalue weighted by Gasteiger charge is 2.31. The summed E-state index contributed by atoms with van der Waals surface area (Å²) in [6, 6.07) is 2.74. The van der Waals surface area contributed by atoms with Crippen LogP contribution in [-0.2, 0) is 11.3 Å². The fourth-order valence-electron chi connectivity index (χ4n) is 2.34. The number of aryl methyl sites for hydroxylation is 1. The monoisotopic (exact) mass is 329 g/mol. The van der Waals surface area contributed by atoms with Gasteiger partial charge in [-0.2, -0.15) is 5.10 Å². The van der Waals surface area contributed by atoms with Crippen molar-refractivity contribution in [3.8, 4) is 0 Å². The predicted molar refractivity (Wildman–Crippen MR) is 82.3 cm³/mol. The minimum atomic E-state index is -0.883. The number of hydrogen-bond donors (Lipinski definition) is 1. The molecule has 1 atom stereocenters. The van der Waals surface area contributed by atoms with Crippen molar-refractivity contribution in [2.75, 3.05) is 13.1 Å². The van der Waals surface area contributed by atoms with Gasteiger partial charge in [-0.15, -0.1) is 12.4 Å². The van der Waals surface area contributed by atoms with Crippen molar-refractivity contribution in [3.63, 3.8) is 0 Å². The van der Waals surface area contributed by atoms with Crippen LogP contribution in [0.2, 0.25) is 0 Å². The fourth-order valence-corrected chi connectivity index (χ4v) is 2.34. The normalized spacial score (nSPS) is 17.1. The van der Waals surface area contributed by atoms with Crippen molar-refractivity contribution in [2.24, 2.45) is 5.92 Å². The summed E-state index contributed by atoms with van der Waals surface area (Å²) in [5.74, 6) is -1.71. The molecule has 0 saturated carbocycles. The van der Waals surface area contributed by atoms with Crippen LogP contribution in [0.25, 0.3) is 0 Å². The van der Waals surface area contributed by atoms with E-state index in [1.165, 1.54) is 21.7 Å². The second-order valence-electron chi connectivity index (χ2n) is 5.21. The fraction of sp³-hybridized carbons (Fsp3) is 0.571. The van der Waals surface area contributed by atoms with Crippen molar-refractivity contribution in [2.45, 2.75) is 32.7 Å². The predicted octanol–water partition coefficient (Wildman–Crippen LogP) is 1.01. The number of carbonyl (C=O) groups is 2. The standard InChI is InChI=1S/C14H19N3O4.ClH/c1-2-3-7-17-12(18)5-4-11(15-17)13(19)16-8-6-10(9-16)14(20)21;/h4-5,10H,2-3,6-9H2,1H3,(H,20,21);1H. The van der Waals surface area contributed by atoms with Crippen LogP contribution in [0, 0.1) is 5.92 Å². The number of nitrogens with zero attached hydrogens (tertiary/aromatic N) is 3. The lowest BCUT2D eigenvalue weighted by molar-refractivity contribution is -0.141. The maximum atomic E-state index is 12.3. The second-order valence-corrected chi connectivity index (χ2v) is 5.21. The zero-order valence-electron chi connectivity index (χ0n) is 12.4. The number of carbonyl (C=O) groups excluding carboxylic acids is 1. The van der Waals surface area contributed by atoms with Crippen molar-refractivity contribution in [3.05, 3.63) is 28.2 Å². The Morgan fingerprint density at radius 3 is 2.73 bits per heavy atom. The molecule has 1 aliphatic rings. The van der Waals surface area contributed by atoms with Gasteiger partial charge in [0.25, 0.3) is 11.5 Å². The van der Waals surface area contributed by atoms with E-state index in [9.17, 15) is 14.4 Å². The van der Waals surface area contributed by atoms with Gasteiger partial charge in [-0.1, -0.05) is 13.3 Å². The second kappa shape index (κ2) is 7.93. The van der Waals surface area contributed by atoms with Crippen LogP contribution in [0.5, 0.6) is 0 Å². The Hall–Kier alpha value is -1.89. The number of likely N-dealkylation sites (tertiary alicyclic amines) is 1. The molecule has 122 valence electrons. The molecule has 22 heavy (non-hydrogen) atoms. The summed E-state index contributed by atoms with van der Waals surface area (Å²) in [7, 11) is 0. The first-order valence-electron chi connectivity index (χ1n) is 7.13. The molecule has 1 N–H and O–H groups in total. The molecule has 1 unspecified atom stereocenters. The Labute approximate surface area is 134 Å². The molecule has 1 saturated heterocycles. The minimum absolute atomic E-state index is 0. The summed E-state index contributed by atoms with van der Waals surface area (Å²) in [6.07, 6.45) is 2.20. The topological polar surface area (TPSA) is 92.5 Å². The smallest absolute Gasteiger partial charge is 0.308 e. The van der Waals surface area contributed by atoms with E-state index in [1.54, 1.807) is 0 Å². The maximum Gasteiger partial charge on any atom is 0.308 e. The van der Waals surface area contributed by atoms with Gasteiger partial charge in [0.05, 0.1) is 5.92 Å². The highest BCUT2D eigenvalue weighted by Crippen LogP contribution is 2.18. The Balaban J connectivity index is 0.00000242. The molecule has 0 spiro atoms. The molecule has 1 aromatic rings. The van der Waals surface area contributed by atoms with E-state index < -0.39 is 11.9 Å². The van der Waals surface area contributed by atoms with E-state index >= 15 is 0 Å². The number of aliphatic carboxylic acids is 1. The molecule has 0 radical (unpaired) electrons. The highest BCUT2D eigenvalue weighted by molar-refractivity contribution is 5.92. The third-order valence-corrected chi connectivity index (χ3v) is 3.63. The largest absolute Gasteiger partial charge is 0.481 e. The van der Waals surface area contributed by atoms with Gasteiger partial charge >= 0.3 is 5.97 Å². The van der Waals surface area contributed by atoms with Crippen LogP contribution in [0.1, 0.15) is 36.7 Å². The van der Waals surface area contributed by atoms with E-state index in [0.29, 0.717) is 19.5 Å². The van der Waals surface area contributed by atoms with Crippen LogP contribution in [0.15, 0.2) is 16.9 Å². The number of aromatic nitrogens is 2. The molecule has 7 nitrogen and oxygen atoms in total. The molecule has 2 heterocycles. The number of carboxylic acid groups (broad SMARTS) is 1. The third-order valence-electron chi connectivity index (χ3n) is 3.63. The lowest BCUT2D eigenvalue weighted by Crippen LogP contribution is -2.33. The molecule has 1 fully saturated rings. The zero-order valence-corrected chi connectivity index (χ0v) is 13.2. The number of carboxylic acids is 1. The molecular formula is C14H20ClN3O4. The molecule has 1 aliphatic heterocycles. The van der Waals surface area contributed by atoms with E-state index in [2.05, 4.69) is 5.10 Å². The zero-order chi connectivity index (χ0) is 15.4. The van der Waals surface area contributed by atoms with Gasteiger partial charge < -0.3 is 10.0 Å². The Kier molecular flexibility index (Phi) is 6.55. The molecule has 0 aromatic carbocycles. The number of unbranched alkanes of at least 4 members (excludes halogenated alkanes) is 1. The van der Waals surface area contributed by atoms with E-state index in [-0.39, 0.29) is 36.1 Å². The van der Waals surface area contributed by atoms with Gasteiger partial charge in [-0.05, 0) is 18.9 Å². The summed E-state index contributed by atoms with van der Waals surface area (Å²) >= 11 is 0. The Bertz CT molecular complexity index is 602. The average Bonchev–Trinajstić information content (AvgIpc) is 2.95. The van der Waals surface area contributed by atoms with E-state index in [4.69, 9.17) is 5.11 Å². The number of halogens is 1. The van der Waals surface area contributed by atoms with Crippen LogP contribution in [-0.4, -0.2) is 44.8 Å². The summed E-state index contributed by atoms with van der Waals surface area (Å²) in [4.78, 5) is 36.4. The quantitative estimate of drug-likeness (QED) is 0.870.